The first-order valence-electron chi connectivity index (χ1n) is 9.04. The average molecular weight is 426 g/mol. The first-order chi connectivity index (χ1) is 13.7. The van der Waals surface area contributed by atoms with Crippen molar-refractivity contribution in [2.45, 2.75) is 11.3 Å². The van der Waals surface area contributed by atoms with Crippen molar-refractivity contribution in [1.82, 2.24) is 9.21 Å². The van der Waals surface area contributed by atoms with Crippen LogP contribution >= 0.6 is 0 Å². The molecule has 1 fully saturated rings. The third-order valence-electron chi connectivity index (χ3n) is 4.50. The second-order valence-corrected chi connectivity index (χ2v) is 8.47. The number of halogens is 3. The Kier molecular flexibility index (Phi) is 6.61. The first-order valence-corrected chi connectivity index (χ1v) is 10.5. The minimum absolute atomic E-state index is 0.0514. The molecule has 3 rings (SSSR count). The summed E-state index contributed by atoms with van der Waals surface area (Å²) in [5.41, 5.74) is 1.10. The van der Waals surface area contributed by atoms with Gasteiger partial charge in [-0.1, -0.05) is 42.5 Å². The highest BCUT2D eigenvalue weighted by molar-refractivity contribution is 7.89. The molecule has 0 N–H and O–H groups in total. The van der Waals surface area contributed by atoms with E-state index in [9.17, 15) is 21.6 Å². The minimum Gasteiger partial charge on any atom is -0.406 e. The molecule has 0 aliphatic carbocycles. The van der Waals surface area contributed by atoms with Crippen LogP contribution in [0.5, 0.6) is 5.75 Å². The minimum atomic E-state index is -4.81. The fraction of sp³-hybridized carbons (Fsp3) is 0.300. The zero-order chi connectivity index (χ0) is 20.9. The molecule has 1 heterocycles. The van der Waals surface area contributed by atoms with Crippen molar-refractivity contribution >= 4 is 16.1 Å². The highest BCUT2D eigenvalue weighted by atomic mass is 32.2. The van der Waals surface area contributed by atoms with Gasteiger partial charge >= 0.3 is 6.36 Å². The van der Waals surface area contributed by atoms with E-state index < -0.39 is 22.1 Å². The standard InChI is InChI=1S/C20H21F3N2O3S/c21-20(22,23)28-18-8-10-19(11-9-18)29(26,27)25-15-13-24(14-16-25)12-4-7-17-5-2-1-3-6-17/h1-11H,12-16H2/b7-4-. The SMILES string of the molecule is O=S(=O)(c1ccc(OC(F)(F)F)cc1)N1CCN(C/C=C\c2ccccc2)CC1. The maximum atomic E-state index is 12.7. The van der Waals surface area contributed by atoms with Gasteiger partial charge in [0.2, 0.25) is 10.0 Å². The Hall–Kier alpha value is -2.36. The van der Waals surface area contributed by atoms with Crippen LogP contribution in [0.3, 0.4) is 0 Å². The van der Waals surface area contributed by atoms with Crippen molar-refractivity contribution in [3.63, 3.8) is 0 Å². The third-order valence-corrected chi connectivity index (χ3v) is 6.41. The first kappa shape index (κ1) is 21.4. The van der Waals surface area contributed by atoms with Crippen LogP contribution < -0.4 is 4.74 Å². The molecule has 0 bridgehead atoms. The second kappa shape index (κ2) is 8.98. The molecule has 156 valence electrons. The predicted octanol–water partition coefficient (Wildman–Crippen LogP) is 3.60. The predicted molar refractivity (Wildman–Crippen MR) is 104 cm³/mol. The van der Waals surface area contributed by atoms with E-state index in [1.54, 1.807) is 0 Å². The zero-order valence-corrected chi connectivity index (χ0v) is 16.4. The number of alkyl halides is 3. The van der Waals surface area contributed by atoms with E-state index in [0.29, 0.717) is 32.7 Å². The summed E-state index contributed by atoms with van der Waals surface area (Å²) in [4.78, 5) is 2.09. The third kappa shape index (κ3) is 6.06. The quantitative estimate of drug-likeness (QED) is 0.708. The Bertz CT molecular complexity index is 922. The smallest absolute Gasteiger partial charge is 0.406 e. The molecule has 0 aromatic heterocycles. The van der Waals surface area contributed by atoms with Gasteiger partial charge in [-0.2, -0.15) is 4.31 Å². The van der Waals surface area contributed by atoms with Crippen molar-refractivity contribution in [3.05, 3.63) is 66.2 Å². The van der Waals surface area contributed by atoms with Gasteiger partial charge in [0.1, 0.15) is 5.75 Å². The summed E-state index contributed by atoms with van der Waals surface area (Å²) in [6.07, 6.45) is -0.752. The fourth-order valence-corrected chi connectivity index (χ4v) is 4.44. The second-order valence-electron chi connectivity index (χ2n) is 6.54. The van der Waals surface area contributed by atoms with Crippen LogP contribution in [0.1, 0.15) is 5.56 Å². The summed E-state index contributed by atoms with van der Waals surface area (Å²) >= 11 is 0. The van der Waals surface area contributed by atoms with Gasteiger partial charge in [-0.05, 0) is 29.8 Å². The van der Waals surface area contributed by atoms with Crippen LogP contribution in [0.4, 0.5) is 13.2 Å². The highest BCUT2D eigenvalue weighted by Crippen LogP contribution is 2.25. The Balaban J connectivity index is 1.54. The van der Waals surface area contributed by atoms with E-state index in [1.165, 1.54) is 4.31 Å². The molecule has 0 amide bonds. The van der Waals surface area contributed by atoms with Gasteiger partial charge < -0.3 is 4.74 Å². The largest absolute Gasteiger partial charge is 0.573 e. The molecule has 0 saturated carbocycles. The van der Waals surface area contributed by atoms with Gasteiger partial charge in [0, 0.05) is 32.7 Å². The molecule has 2 aromatic carbocycles. The van der Waals surface area contributed by atoms with Crippen molar-refractivity contribution in [3.8, 4) is 5.75 Å². The molecule has 0 atom stereocenters. The molecule has 5 nitrogen and oxygen atoms in total. The molecule has 0 unspecified atom stereocenters. The van der Waals surface area contributed by atoms with Crippen molar-refractivity contribution in [2.24, 2.45) is 0 Å². The lowest BCUT2D eigenvalue weighted by atomic mass is 10.2. The fourth-order valence-electron chi connectivity index (χ4n) is 3.02. The van der Waals surface area contributed by atoms with Crippen LogP contribution in [0.25, 0.3) is 6.08 Å². The van der Waals surface area contributed by atoms with Crippen LogP contribution in [-0.4, -0.2) is 56.7 Å². The summed E-state index contributed by atoms with van der Waals surface area (Å²) < 4.78 is 67.3. The number of hydrogen-bond donors (Lipinski definition) is 0. The molecular formula is C20H21F3N2O3S. The molecule has 29 heavy (non-hydrogen) atoms. The van der Waals surface area contributed by atoms with Gasteiger partial charge in [0.25, 0.3) is 0 Å². The number of piperazine rings is 1. The molecule has 0 radical (unpaired) electrons. The van der Waals surface area contributed by atoms with Crippen LogP contribution in [0, 0.1) is 0 Å². The summed E-state index contributed by atoms with van der Waals surface area (Å²) in [6, 6.07) is 14.2. The van der Waals surface area contributed by atoms with Gasteiger partial charge in [0.05, 0.1) is 4.90 Å². The van der Waals surface area contributed by atoms with Crippen molar-refractivity contribution < 1.29 is 26.3 Å². The summed E-state index contributed by atoms with van der Waals surface area (Å²) in [5, 5.41) is 0. The lowest BCUT2D eigenvalue weighted by Crippen LogP contribution is -2.48. The number of rotatable bonds is 6. The van der Waals surface area contributed by atoms with E-state index >= 15 is 0 Å². The molecule has 1 aliphatic heterocycles. The molecule has 0 spiro atoms. The van der Waals surface area contributed by atoms with Gasteiger partial charge in [0.15, 0.2) is 0 Å². The van der Waals surface area contributed by atoms with E-state index in [0.717, 1.165) is 29.8 Å². The maximum Gasteiger partial charge on any atom is 0.573 e. The molecule has 1 saturated heterocycles. The van der Waals surface area contributed by atoms with Gasteiger partial charge in [-0.3, -0.25) is 4.90 Å². The summed E-state index contributed by atoms with van der Waals surface area (Å²) in [7, 11) is -3.76. The Labute approximate surface area is 168 Å². The Morgan fingerprint density at radius 1 is 0.931 bits per heavy atom. The van der Waals surface area contributed by atoms with Gasteiger partial charge in [-0.15, -0.1) is 13.2 Å². The maximum absolute atomic E-state index is 12.7. The summed E-state index contributed by atoms with van der Waals surface area (Å²) in [5.74, 6) is -0.452. The topological polar surface area (TPSA) is 49.9 Å². The molecular weight excluding hydrogens is 405 g/mol. The van der Waals surface area contributed by atoms with E-state index in [2.05, 4.69) is 9.64 Å². The lowest BCUT2D eigenvalue weighted by Gasteiger charge is -2.33. The molecule has 9 heteroatoms. The number of hydrogen-bond acceptors (Lipinski definition) is 4. The van der Waals surface area contributed by atoms with Crippen LogP contribution in [0.15, 0.2) is 65.6 Å². The van der Waals surface area contributed by atoms with E-state index in [4.69, 9.17) is 0 Å². The lowest BCUT2D eigenvalue weighted by molar-refractivity contribution is -0.274. The number of benzene rings is 2. The van der Waals surface area contributed by atoms with E-state index in [1.807, 2.05) is 42.5 Å². The summed E-state index contributed by atoms with van der Waals surface area (Å²) in [6.45, 7) is 2.51. The number of sulfonamides is 1. The number of nitrogens with zero attached hydrogens (tertiary/aromatic N) is 2. The molecule has 1 aliphatic rings. The normalized spacial score (nSPS) is 16.9. The molecule has 2 aromatic rings. The zero-order valence-electron chi connectivity index (χ0n) is 15.5. The van der Waals surface area contributed by atoms with Crippen molar-refractivity contribution in [1.29, 1.82) is 0 Å². The van der Waals surface area contributed by atoms with Crippen LogP contribution in [0.2, 0.25) is 0 Å². The van der Waals surface area contributed by atoms with E-state index in [-0.39, 0.29) is 4.90 Å². The highest BCUT2D eigenvalue weighted by Gasteiger charge is 2.32. The Morgan fingerprint density at radius 3 is 2.14 bits per heavy atom. The number of ether oxygens (including phenoxy) is 1. The van der Waals surface area contributed by atoms with Crippen LogP contribution in [-0.2, 0) is 10.0 Å². The monoisotopic (exact) mass is 426 g/mol. The Morgan fingerprint density at radius 2 is 1.55 bits per heavy atom. The average Bonchev–Trinajstić information content (AvgIpc) is 2.68. The van der Waals surface area contributed by atoms with Crippen molar-refractivity contribution in [2.75, 3.05) is 32.7 Å². The van der Waals surface area contributed by atoms with Gasteiger partial charge in [-0.25, -0.2) is 8.42 Å².